The highest BCUT2D eigenvalue weighted by Crippen LogP contribution is 2.52. The Balaban J connectivity index is 1.61. The van der Waals surface area contributed by atoms with Crippen LogP contribution in [0.1, 0.15) is 82.2 Å². The summed E-state index contributed by atoms with van der Waals surface area (Å²) < 4.78 is 56.0. The number of nitrogens with one attached hydrogen (secondary N) is 1. The molecule has 1 saturated heterocycles. The third-order valence-electron chi connectivity index (χ3n) is 8.84. The van der Waals surface area contributed by atoms with E-state index in [4.69, 9.17) is 14.2 Å². The normalized spacial score (nSPS) is 26.3. The Morgan fingerprint density at radius 1 is 1.10 bits per heavy atom. The molecule has 13 nitrogen and oxygen atoms in total. The molecule has 17 heteroatoms. The van der Waals surface area contributed by atoms with Gasteiger partial charge in [0.2, 0.25) is 5.78 Å². The quantitative estimate of drug-likeness (QED) is 0.213. The first-order chi connectivity index (χ1) is 22.9. The Morgan fingerprint density at radius 3 is 2.41 bits per heavy atom. The Kier molecular flexibility index (Phi) is 9.88. The van der Waals surface area contributed by atoms with Crippen LogP contribution in [0.3, 0.4) is 0 Å². The average molecular weight is 712 g/mol. The second kappa shape index (κ2) is 13.4. The first-order valence-electron chi connectivity index (χ1n) is 15.1. The number of ketones is 3. The molecule has 264 valence electrons. The number of alkyl halides is 3. The number of thioether (sulfide) groups is 1. The number of phenolic OH excluding ortho intramolecular Hbond substituents is 2. The fraction of sp³-hybridized carbons (Fsp3) is 0.469. The number of carbonyl (C=O) groups is 5. The van der Waals surface area contributed by atoms with Crippen molar-refractivity contribution in [1.29, 1.82) is 0 Å². The largest absolute Gasteiger partial charge is 0.507 e. The molecule has 2 aromatic rings. The monoisotopic (exact) mass is 711 g/mol. The van der Waals surface area contributed by atoms with Crippen molar-refractivity contribution in [2.75, 3.05) is 12.9 Å². The van der Waals surface area contributed by atoms with Crippen molar-refractivity contribution >= 4 is 40.1 Å². The third-order valence-corrected chi connectivity index (χ3v) is 9.86. The minimum absolute atomic E-state index is 0.0000976. The van der Waals surface area contributed by atoms with Gasteiger partial charge in [0.15, 0.2) is 23.0 Å². The van der Waals surface area contributed by atoms with Crippen LogP contribution >= 0.6 is 11.8 Å². The van der Waals surface area contributed by atoms with E-state index in [0.717, 1.165) is 0 Å². The van der Waals surface area contributed by atoms with Gasteiger partial charge < -0.3 is 40.0 Å². The summed E-state index contributed by atoms with van der Waals surface area (Å²) in [5.74, 6) is -7.15. The number of Topliss-reactive ketones (excluding diaryl/α,β-unsaturated/α-hetero) is 1. The van der Waals surface area contributed by atoms with Crippen LogP contribution in [0.15, 0.2) is 18.2 Å². The fourth-order valence-electron chi connectivity index (χ4n) is 6.34. The zero-order valence-electron chi connectivity index (χ0n) is 26.3. The lowest BCUT2D eigenvalue weighted by molar-refractivity contribution is -0.250. The topological polar surface area (TPSA) is 206 Å². The van der Waals surface area contributed by atoms with Crippen molar-refractivity contribution in [3.8, 4) is 17.2 Å². The van der Waals surface area contributed by atoms with Crippen molar-refractivity contribution in [3.63, 3.8) is 0 Å². The summed E-state index contributed by atoms with van der Waals surface area (Å²) in [5.41, 5.74) is -4.60. The zero-order valence-corrected chi connectivity index (χ0v) is 27.1. The number of aromatic hydroxyl groups is 2. The van der Waals surface area contributed by atoms with Gasteiger partial charge in [-0.15, -0.1) is 0 Å². The predicted molar refractivity (Wildman–Crippen MR) is 162 cm³/mol. The van der Waals surface area contributed by atoms with E-state index in [0.29, 0.717) is 11.8 Å². The molecule has 5 N–H and O–H groups in total. The molecule has 6 atom stereocenters. The summed E-state index contributed by atoms with van der Waals surface area (Å²) >= 11 is 0.634. The lowest BCUT2D eigenvalue weighted by Gasteiger charge is -2.43. The van der Waals surface area contributed by atoms with Crippen LogP contribution in [0, 0.1) is 0 Å². The van der Waals surface area contributed by atoms with Gasteiger partial charge in [-0.05, 0) is 13.0 Å². The number of ether oxygens (including phenoxy) is 3. The summed E-state index contributed by atoms with van der Waals surface area (Å²) in [6, 6.07) is 2.62. The Hall–Kier alpha value is -4.03. The molecule has 0 bridgehead atoms. The maximum Gasteiger partial charge on any atom is 0.471 e. The average Bonchev–Trinajstić information content (AvgIpc) is 3.04. The van der Waals surface area contributed by atoms with Crippen molar-refractivity contribution in [2.24, 2.45) is 0 Å². The Morgan fingerprint density at radius 2 is 1.78 bits per heavy atom. The number of amides is 1. The highest BCUT2D eigenvalue weighted by Gasteiger charge is 2.51. The first-order valence-corrected chi connectivity index (χ1v) is 16.1. The molecule has 1 amide bonds. The molecule has 2 aromatic carbocycles. The van der Waals surface area contributed by atoms with E-state index in [1.54, 1.807) is 12.2 Å². The Labute approximate surface area is 280 Å². The second-order valence-corrected chi connectivity index (χ2v) is 13.0. The van der Waals surface area contributed by atoms with Gasteiger partial charge >= 0.3 is 12.1 Å². The highest BCUT2D eigenvalue weighted by atomic mass is 32.2. The molecule has 49 heavy (non-hydrogen) atoms. The number of benzene rings is 2. The first kappa shape index (κ1) is 36.3. The van der Waals surface area contributed by atoms with Crippen molar-refractivity contribution in [2.45, 2.75) is 82.0 Å². The van der Waals surface area contributed by atoms with Crippen LogP contribution in [0.5, 0.6) is 17.2 Å². The van der Waals surface area contributed by atoms with Crippen LogP contribution in [0.2, 0.25) is 0 Å². The third kappa shape index (κ3) is 6.52. The summed E-state index contributed by atoms with van der Waals surface area (Å²) in [6.07, 6.45) is -13.1. The van der Waals surface area contributed by atoms with Crippen molar-refractivity contribution in [1.82, 2.24) is 5.32 Å². The number of phenols is 2. The van der Waals surface area contributed by atoms with Crippen molar-refractivity contribution in [3.05, 3.63) is 51.6 Å². The number of hydrogen-bond donors (Lipinski definition) is 5. The van der Waals surface area contributed by atoms with Crippen LogP contribution < -0.4 is 10.1 Å². The van der Waals surface area contributed by atoms with Gasteiger partial charge in [0.1, 0.15) is 29.0 Å². The molecule has 2 aliphatic carbocycles. The van der Waals surface area contributed by atoms with Gasteiger partial charge in [-0.3, -0.25) is 24.0 Å². The summed E-state index contributed by atoms with van der Waals surface area (Å²) in [6.45, 7) is 2.86. The summed E-state index contributed by atoms with van der Waals surface area (Å²) in [5, 5.41) is 46.7. The van der Waals surface area contributed by atoms with Crippen LogP contribution in [0.4, 0.5) is 13.2 Å². The molecular weight excluding hydrogens is 679 g/mol. The van der Waals surface area contributed by atoms with Gasteiger partial charge in [0.05, 0.1) is 47.8 Å². The number of halogens is 3. The molecule has 1 heterocycles. The minimum Gasteiger partial charge on any atom is -0.507 e. The number of hydrogen-bond acceptors (Lipinski definition) is 13. The molecule has 5 rings (SSSR count). The smallest absolute Gasteiger partial charge is 0.471 e. The second-order valence-electron chi connectivity index (χ2n) is 11.9. The van der Waals surface area contributed by atoms with E-state index < -0.39 is 113 Å². The number of aliphatic hydroxyl groups is 2. The molecular formula is C32H32F3NO12S. The Bertz CT molecular complexity index is 1750. The van der Waals surface area contributed by atoms with Gasteiger partial charge in [0, 0.05) is 42.4 Å². The summed E-state index contributed by atoms with van der Waals surface area (Å²) in [7, 11) is 1.26. The van der Waals surface area contributed by atoms with Gasteiger partial charge in [0.25, 0.3) is 0 Å². The molecule has 0 saturated carbocycles. The zero-order chi connectivity index (χ0) is 36.2. The van der Waals surface area contributed by atoms with Gasteiger partial charge in [-0.2, -0.15) is 13.2 Å². The molecule has 0 aromatic heterocycles. The van der Waals surface area contributed by atoms with Gasteiger partial charge in [-0.25, -0.2) is 0 Å². The van der Waals surface area contributed by atoms with E-state index in [2.05, 4.69) is 0 Å². The minimum atomic E-state index is -5.28. The standard InChI is InChI=1S/C32H32F3NO12S/c1-4-19(38)49-11-18(37)31(45)9-14-22(17(10-31)48-20-8-15(25(39)12(2)47-20)36-30(44)32(33,34)35)29(43)24-23(27(14)41)26(40)13-6-5-7-16(46-3)21(13)28(24)42/h5-7,12,15,17,20,25,39,41,43,45H,4,8-11H2,1-3H3,(H,36,44)/t12-,15-,17?,20-,25+,31?/m0/s1. The molecule has 1 fully saturated rings. The lowest BCUT2D eigenvalue weighted by atomic mass is 9.72. The molecule has 1 aliphatic heterocycles. The van der Waals surface area contributed by atoms with Crippen LogP contribution in [-0.2, 0) is 30.3 Å². The number of aliphatic hydroxyl groups excluding tert-OH is 1. The van der Waals surface area contributed by atoms with E-state index in [-0.39, 0.29) is 39.5 Å². The molecule has 3 aliphatic rings. The number of rotatable bonds is 8. The molecule has 0 radical (unpaired) electrons. The molecule has 2 unspecified atom stereocenters. The maximum atomic E-state index is 13.8. The number of carbonyl (C=O) groups excluding carboxylic acids is 5. The number of fused-ring (bicyclic) bond motifs is 3. The van der Waals surface area contributed by atoms with Crippen LogP contribution in [0.25, 0.3) is 0 Å². The van der Waals surface area contributed by atoms with E-state index in [1.807, 2.05) is 0 Å². The predicted octanol–water partition coefficient (Wildman–Crippen LogP) is 2.40. The van der Waals surface area contributed by atoms with Crippen LogP contribution in [-0.4, -0.2) is 98.0 Å². The van der Waals surface area contributed by atoms with E-state index in [1.165, 1.54) is 32.2 Å². The lowest BCUT2D eigenvalue weighted by Crippen LogP contribution is -2.57. The van der Waals surface area contributed by atoms with Gasteiger partial charge in [-0.1, -0.05) is 30.8 Å². The highest BCUT2D eigenvalue weighted by molar-refractivity contribution is 8.14. The van der Waals surface area contributed by atoms with Crippen molar-refractivity contribution < 1.29 is 71.8 Å². The maximum absolute atomic E-state index is 13.8. The summed E-state index contributed by atoms with van der Waals surface area (Å²) in [4.78, 5) is 64.6. The van der Waals surface area contributed by atoms with E-state index >= 15 is 0 Å². The SMILES string of the molecule is CCC(=O)SCC(=O)C1(O)Cc2c(O)c3c(c(O)c2C(O[C@H]2C[C@H](NC(=O)C(F)(F)F)[C@H](O)[C@H](C)O2)C1)C(=O)c1c(OC)cccc1C3=O. The fourth-order valence-corrected chi connectivity index (χ4v) is 7.11. The van der Waals surface area contributed by atoms with E-state index in [9.17, 15) is 57.6 Å². The molecule has 0 spiro atoms. The number of methoxy groups -OCH3 is 1.